The van der Waals surface area contributed by atoms with E-state index in [-0.39, 0.29) is 11.1 Å². The standard InChI is InChI=1S/C14H21BrN2O2S2/c1-2-21(18,19)14-10-20-6-5-17(14)9-12-4-3-11(8-16)7-13(12)15/h3-4,7,14H,2,5-6,8-10,16H2,1H3. The number of sulfone groups is 1. The van der Waals surface area contributed by atoms with Crippen molar-refractivity contribution in [3.05, 3.63) is 33.8 Å². The van der Waals surface area contributed by atoms with Crippen LogP contribution < -0.4 is 5.73 Å². The highest BCUT2D eigenvalue weighted by Crippen LogP contribution is 2.26. The highest BCUT2D eigenvalue weighted by molar-refractivity contribution is 9.10. The van der Waals surface area contributed by atoms with Crippen molar-refractivity contribution in [2.45, 2.75) is 25.4 Å². The molecule has 1 aliphatic rings. The van der Waals surface area contributed by atoms with Gasteiger partial charge in [0.2, 0.25) is 0 Å². The van der Waals surface area contributed by atoms with Crippen molar-refractivity contribution < 1.29 is 8.42 Å². The summed E-state index contributed by atoms with van der Waals surface area (Å²) in [5.41, 5.74) is 7.81. The lowest BCUT2D eigenvalue weighted by atomic mass is 10.1. The predicted octanol–water partition coefficient (Wildman–Crippen LogP) is 2.22. The Morgan fingerprint density at radius 3 is 2.86 bits per heavy atom. The highest BCUT2D eigenvalue weighted by Gasteiger charge is 2.32. The van der Waals surface area contributed by atoms with Gasteiger partial charge in [-0.25, -0.2) is 8.42 Å². The van der Waals surface area contributed by atoms with Gasteiger partial charge in [-0.2, -0.15) is 11.8 Å². The van der Waals surface area contributed by atoms with Gasteiger partial charge < -0.3 is 5.73 Å². The lowest BCUT2D eigenvalue weighted by molar-refractivity contribution is 0.261. The minimum Gasteiger partial charge on any atom is -0.326 e. The van der Waals surface area contributed by atoms with Crippen LogP contribution >= 0.6 is 27.7 Å². The molecule has 0 aromatic heterocycles. The average molecular weight is 393 g/mol. The first-order chi connectivity index (χ1) is 9.97. The molecule has 2 rings (SSSR count). The zero-order chi connectivity index (χ0) is 15.5. The molecule has 1 saturated heterocycles. The number of nitrogens with two attached hydrogens (primary N) is 1. The first-order valence-electron chi connectivity index (χ1n) is 6.98. The lowest BCUT2D eigenvalue weighted by Gasteiger charge is -2.34. The number of hydrogen-bond donors (Lipinski definition) is 1. The molecular formula is C14H21BrN2O2S2. The smallest absolute Gasteiger partial charge is 0.166 e. The minimum atomic E-state index is -3.05. The van der Waals surface area contributed by atoms with Crippen LogP contribution in [0.5, 0.6) is 0 Å². The van der Waals surface area contributed by atoms with Crippen molar-refractivity contribution in [1.82, 2.24) is 4.90 Å². The summed E-state index contributed by atoms with van der Waals surface area (Å²) in [5, 5.41) is -0.373. The van der Waals surface area contributed by atoms with E-state index in [0.29, 0.717) is 18.8 Å². The Kier molecular flexibility index (Phi) is 6.14. The fourth-order valence-electron chi connectivity index (χ4n) is 2.38. The Balaban J connectivity index is 2.20. The molecule has 7 heteroatoms. The summed E-state index contributed by atoms with van der Waals surface area (Å²) in [4.78, 5) is 2.08. The lowest BCUT2D eigenvalue weighted by Crippen LogP contribution is -2.47. The quantitative estimate of drug-likeness (QED) is 0.831. The van der Waals surface area contributed by atoms with Gasteiger partial charge in [0.25, 0.3) is 0 Å². The Hall–Kier alpha value is -0.0800. The van der Waals surface area contributed by atoms with Crippen molar-refractivity contribution in [3.63, 3.8) is 0 Å². The van der Waals surface area contributed by atoms with Crippen molar-refractivity contribution in [1.29, 1.82) is 0 Å². The minimum absolute atomic E-state index is 0.196. The predicted molar refractivity (Wildman–Crippen MR) is 93.0 cm³/mol. The van der Waals surface area contributed by atoms with Crippen LogP contribution in [0.1, 0.15) is 18.1 Å². The van der Waals surface area contributed by atoms with E-state index >= 15 is 0 Å². The number of benzene rings is 1. The zero-order valence-electron chi connectivity index (χ0n) is 12.1. The molecule has 1 aromatic carbocycles. The first kappa shape index (κ1) is 17.3. The Morgan fingerprint density at radius 1 is 1.48 bits per heavy atom. The van der Waals surface area contributed by atoms with Crippen molar-refractivity contribution in [3.8, 4) is 0 Å². The summed E-state index contributed by atoms with van der Waals surface area (Å²) < 4.78 is 25.5. The zero-order valence-corrected chi connectivity index (χ0v) is 15.3. The second kappa shape index (κ2) is 7.46. The molecule has 0 aliphatic carbocycles. The molecule has 0 bridgehead atoms. The molecule has 21 heavy (non-hydrogen) atoms. The summed E-state index contributed by atoms with van der Waals surface area (Å²) in [5.74, 6) is 1.84. The normalized spacial score (nSPS) is 20.6. The average Bonchev–Trinajstić information content (AvgIpc) is 2.49. The maximum Gasteiger partial charge on any atom is 0.166 e. The van der Waals surface area contributed by atoms with Crippen LogP contribution in [-0.4, -0.2) is 42.5 Å². The fourth-order valence-corrected chi connectivity index (χ4v) is 6.02. The highest BCUT2D eigenvalue weighted by atomic mass is 79.9. The van der Waals surface area contributed by atoms with Crippen LogP contribution in [0.3, 0.4) is 0 Å². The van der Waals surface area contributed by atoms with Crippen LogP contribution in [-0.2, 0) is 22.9 Å². The summed E-state index contributed by atoms with van der Waals surface area (Å²) in [7, 11) is -3.05. The van der Waals surface area contributed by atoms with E-state index in [4.69, 9.17) is 5.73 Å². The van der Waals surface area contributed by atoms with Gasteiger partial charge in [0.15, 0.2) is 9.84 Å². The topological polar surface area (TPSA) is 63.4 Å². The van der Waals surface area contributed by atoms with Gasteiger partial charge in [-0.3, -0.25) is 4.90 Å². The Morgan fingerprint density at radius 2 is 2.24 bits per heavy atom. The molecule has 1 heterocycles. The maximum atomic E-state index is 12.3. The van der Waals surface area contributed by atoms with Crippen LogP contribution in [0, 0.1) is 0 Å². The number of thioether (sulfide) groups is 1. The third-order valence-electron chi connectivity index (χ3n) is 3.73. The van der Waals surface area contributed by atoms with E-state index < -0.39 is 9.84 Å². The van der Waals surface area contributed by atoms with Crippen LogP contribution in [0.25, 0.3) is 0 Å². The molecule has 0 radical (unpaired) electrons. The molecule has 118 valence electrons. The summed E-state index contributed by atoms with van der Waals surface area (Å²) in [6.07, 6.45) is 0. The molecule has 4 nitrogen and oxygen atoms in total. The summed E-state index contributed by atoms with van der Waals surface area (Å²) in [6, 6.07) is 6.04. The van der Waals surface area contributed by atoms with Crippen LogP contribution in [0.4, 0.5) is 0 Å². The summed E-state index contributed by atoms with van der Waals surface area (Å²) >= 11 is 5.29. The maximum absolute atomic E-state index is 12.3. The molecule has 1 aromatic rings. The molecule has 1 fully saturated rings. The SMILES string of the molecule is CCS(=O)(=O)C1CSCCN1Cc1ccc(CN)cc1Br. The van der Waals surface area contributed by atoms with Gasteiger partial charge >= 0.3 is 0 Å². The van der Waals surface area contributed by atoms with Gasteiger partial charge in [-0.15, -0.1) is 0 Å². The Labute approximate surface area is 139 Å². The van der Waals surface area contributed by atoms with Gasteiger partial charge in [-0.1, -0.05) is 35.0 Å². The first-order valence-corrected chi connectivity index (χ1v) is 10.6. The number of nitrogens with zero attached hydrogens (tertiary/aromatic N) is 1. The van der Waals surface area contributed by atoms with Crippen molar-refractivity contribution >= 4 is 37.5 Å². The molecule has 0 spiro atoms. The molecular weight excluding hydrogens is 372 g/mol. The molecule has 0 amide bonds. The van der Waals surface area contributed by atoms with Crippen molar-refractivity contribution in [2.24, 2.45) is 5.73 Å². The molecule has 1 atom stereocenters. The van der Waals surface area contributed by atoms with Gasteiger partial charge in [0, 0.05) is 41.4 Å². The summed E-state index contributed by atoms with van der Waals surface area (Å²) in [6.45, 7) is 3.68. The van der Waals surface area contributed by atoms with E-state index in [1.54, 1.807) is 18.7 Å². The largest absolute Gasteiger partial charge is 0.326 e. The van der Waals surface area contributed by atoms with Gasteiger partial charge in [0.1, 0.15) is 5.37 Å². The van der Waals surface area contributed by atoms with Crippen LogP contribution in [0.15, 0.2) is 22.7 Å². The second-order valence-corrected chi connectivity index (χ2v) is 9.53. The fraction of sp³-hybridized carbons (Fsp3) is 0.571. The number of rotatable bonds is 5. The van der Waals surface area contributed by atoms with E-state index in [1.807, 2.05) is 18.2 Å². The monoisotopic (exact) mass is 392 g/mol. The molecule has 1 unspecified atom stereocenters. The third-order valence-corrected chi connectivity index (χ3v) is 7.80. The Bertz CT molecular complexity index is 593. The molecule has 0 saturated carbocycles. The molecule has 1 aliphatic heterocycles. The molecule has 2 N–H and O–H groups in total. The third kappa shape index (κ3) is 4.22. The number of halogens is 1. The van der Waals surface area contributed by atoms with E-state index in [1.165, 1.54) is 0 Å². The number of hydrogen-bond acceptors (Lipinski definition) is 5. The van der Waals surface area contributed by atoms with Gasteiger partial charge in [0.05, 0.1) is 0 Å². The second-order valence-electron chi connectivity index (χ2n) is 5.08. The van der Waals surface area contributed by atoms with Crippen LogP contribution in [0.2, 0.25) is 0 Å². The van der Waals surface area contributed by atoms with E-state index in [2.05, 4.69) is 20.8 Å². The van der Waals surface area contributed by atoms with E-state index in [9.17, 15) is 8.42 Å². The van der Waals surface area contributed by atoms with Crippen molar-refractivity contribution in [2.75, 3.05) is 23.8 Å². The van der Waals surface area contributed by atoms with E-state index in [0.717, 1.165) is 27.9 Å². The van der Waals surface area contributed by atoms with Gasteiger partial charge in [-0.05, 0) is 17.2 Å².